The zero-order chi connectivity index (χ0) is 14.9. The summed E-state index contributed by atoms with van der Waals surface area (Å²) in [6.45, 7) is 2.73. The van der Waals surface area contributed by atoms with Gasteiger partial charge in [-0.3, -0.25) is 0 Å². The summed E-state index contributed by atoms with van der Waals surface area (Å²) in [5, 5.41) is 4.69. The van der Waals surface area contributed by atoms with Crippen molar-refractivity contribution in [3.63, 3.8) is 0 Å². The maximum atomic E-state index is 6.34. The molecule has 5 heteroatoms. The van der Waals surface area contributed by atoms with Crippen LogP contribution in [-0.4, -0.2) is 7.05 Å². The van der Waals surface area contributed by atoms with Crippen LogP contribution in [0.3, 0.4) is 0 Å². The van der Waals surface area contributed by atoms with E-state index in [1.165, 1.54) is 0 Å². The lowest BCUT2D eigenvalue weighted by atomic mass is 9.97. The summed E-state index contributed by atoms with van der Waals surface area (Å²) in [5.74, 6) is 0. The molecule has 0 aliphatic heterocycles. The second kappa shape index (κ2) is 6.55. The van der Waals surface area contributed by atoms with Crippen LogP contribution in [0, 0.1) is 6.92 Å². The molecule has 0 radical (unpaired) electrons. The van der Waals surface area contributed by atoms with Gasteiger partial charge in [0.05, 0.1) is 20.1 Å². The fraction of sp³-hybridized carbons (Fsp3) is 0.200. The van der Waals surface area contributed by atoms with Crippen LogP contribution in [0.5, 0.6) is 0 Å². The Labute approximate surface area is 138 Å². The van der Waals surface area contributed by atoms with Crippen molar-refractivity contribution in [1.82, 2.24) is 5.32 Å². The minimum atomic E-state index is 0.324. The van der Waals surface area contributed by atoms with Gasteiger partial charge in [0, 0.05) is 12.1 Å². The standard InChI is InChI=1S/C15H13Cl4N/c1-8-3-4-9(7-20-2)10(5-8)13-11(16)6-12(17)14(18)15(13)19/h3-6,20H,7H2,1-2H3. The van der Waals surface area contributed by atoms with Gasteiger partial charge in [0.15, 0.2) is 0 Å². The first kappa shape index (κ1) is 15.9. The maximum Gasteiger partial charge on any atom is 0.0785 e. The molecular formula is C15H13Cl4N. The van der Waals surface area contributed by atoms with Crippen molar-refractivity contribution < 1.29 is 0 Å². The van der Waals surface area contributed by atoms with Crippen molar-refractivity contribution in [2.75, 3.05) is 7.05 Å². The van der Waals surface area contributed by atoms with Crippen LogP contribution in [0.15, 0.2) is 24.3 Å². The van der Waals surface area contributed by atoms with Gasteiger partial charge in [-0.25, -0.2) is 0 Å². The van der Waals surface area contributed by atoms with Crippen LogP contribution >= 0.6 is 46.4 Å². The molecule has 0 aromatic heterocycles. The number of nitrogens with one attached hydrogen (secondary N) is 1. The Kier molecular flexibility index (Phi) is 5.22. The first-order valence-corrected chi connectivity index (χ1v) is 7.54. The average molecular weight is 349 g/mol. The predicted molar refractivity (Wildman–Crippen MR) is 89.4 cm³/mol. The fourth-order valence-corrected chi connectivity index (χ4v) is 3.20. The van der Waals surface area contributed by atoms with Crippen LogP contribution < -0.4 is 5.32 Å². The van der Waals surface area contributed by atoms with Gasteiger partial charge in [0.25, 0.3) is 0 Å². The van der Waals surface area contributed by atoms with E-state index < -0.39 is 0 Å². The summed E-state index contributed by atoms with van der Waals surface area (Å²) in [7, 11) is 1.89. The highest BCUT2D eigenvalue weighted by molar-refractivity contribution is 6.51. The minimum Gasteiger partial charge on any atom is -0.316 e. The molecule has 20 heavy (non-hydrogen) atoms. The Bertz CT molecular complexity index is 653. The first-order valence-electron chi connectivity index (χ1n) is 6.03. The molecule has 0 unspecified atom stereocenters. The summed E-state index contributed by atoms with van der Waals surface area (Å²) in [6, 6.07) is 7.77. The van der Waals surface area contributed by atoms with Crippen molar-refractivity contribution in [2.45, 2.75) is 13.5 Å². The molecule has 2 aromatic carbocycles. The molecule has 2 rings (SSSR count). The highest BCUT2D eigenvalue weighted by Crippen LogP contribution is 2.44. The Morgan fingerprint density at radius 3 is 2.30 bits per heavy atom. The van der Waals surface area contributed by atoms with Crippen molar-refractivity contribution >= 4 is 46.4 Å². The van der Waals surface area contributed by atoms with Crippen LogP contribution in [0.2, 0.25) is 20.1 Å². The van der Waals surface area contributed by atoms with E-state index in [9.17, 15) is 0 Å². The van der Waals surface area contributed by atoms with Crippen molar-refractivity contribution in [3.05, 3.63) is 55.5 Å². The third-order valence-corrected chi connectivity index (χ3v) is 4.58. The summed E-state index contributed by atoms with van der Waals surface area (Å²) in [4.78, 5) is 0. The van der Waals surface area contributed by atoms with E-state index in [-0.39, 0.29) is 0 Å². The molecule has 0 saturated heterocycles. The summed E-state index contributed by atoms with van der Waals surface area (Å²) >= 11 is 24.8. The molecule has 0 aliphatic carbocycles. The van der Waals surface area contributed by atoms with Crippen molar-refractivity contribution in [2.24, 2.45) is 0 Å². The van der Waals surface area contributed by atoms with Crippen LogP contribution in [0.1, 0.15) is 11.1 Å². The molecule has 1 N–H and O–H groups in total. The minimum absolute atomic E-state index is 0.324. The summed E-state index contributed by atoms with van der Waals surface area (Å²) in [6.07, 6.45) is 0. The number of hydrogen-bond acceptors (Lipinski definition) is 1. The quantitative estimate of drug-likeness (QED) is 0.530. The lowest BCUT2D eigenvalue weighted by molar-refractivity contribution is 0.819. The van der Waals surface area contributed by atoms with Crippen molar-refractivity contribution in [1.29, 1.82) is 0 Å². The average Bonchev–Trinajstić information content (AvgIpc) is 2.39. The molecule has 0 heterocycles. The van der Waals surface area contributed by atoms with E-state index in [1.807, 2.05) is 20.0 Å². The van der Waals surface area contributed by atoms with E-state index >= 15 is 0 Å². The number of aryl methyl sites for hydroxylation is 1. The molecule has 1 nitrogen and oxygen atoms in total. The molecular weight excluding hydrogens is 336 g/mol. The molecule has 0 atom stereocenters. The largest absolute Gasteiger partial charge is 0.316 e. The lowest BCUT2D eigenvalue weighted by Crippen LogP contribution is -2.06. The molecule has 0 spiro atoms. The smallest absolute Gasteiger partial charge is 0.0785 e. The van der Waals surface area contributed by atoms with Gasteiger partial charge in [-0.15, -0.1) is 0 Å². The van der Waals surface area contributed by atoms with Crippen molar-refractivity contribution in [3.8, 4) is 11.1 Å². The highest BCUT2D eigenvalue weighted by atomic mass is 35.5. The third-order valence-electron chi connectivity index (χ3n) is 3.02. The summed E-state index contributed by atoms with van der Waals surface area (Å²) in [5.41, 5.74) is 3.91. The first-order chi connectivity index (χ1) is 9.45. The Morgan fingerprint density at radius 1 is 0.950 bits per heavy atom. The molecule has 0 amide bonds. The maximum absolute atomic E-state index is 6.34. The molecule has 2 aromatic rings. The second-order valence-electron chi connectivity index (χ2n) is 4.53. The number of halogens is 4. The highest BCUT2D eigenvalue weighted by Gasteiger charge is 2.17. The van der Waals surface area contributed by atoms with Crippen LogP contribution in [-0.2, 0) is 6.54 Å². The van der Waals surface area contributed by atoms with Gasteiger partial charge in [0.2, 0.25) is 0 Å². The normalized spacial score (nSPS) is 10.9. The van der Waals surface area contributed by atoms with E-state index in [1.54, 1.807) is 6.07 Å². The number of hydrogen-bond donors (Lipinski definition) is 1. The second-order valence-corrected chi connectivity index (χ2v) is 6.10. The Balaban J connectivity index is 2.74. The SMILES string of the molecule is CNCc1ccc(C)cc1-c1c(Cl)cc(Cl)c(Cl)c1Cl. The van der Waals surface area contributed by atoms with E-state index in [4.69, 9.17) is 46.4 Å². The van der Waals surface area contributed by atoms with Gasteiger partial charge >= 0.3 is 0 Å². The van der Waals surface area contributed by atoms with E-state index in [0.29, 0.717) is 26.6 Å². The predicted octanol–water partition coefficient (Wildman–Crippen LogP) is 6.00. The van der Waals surface area contributed by atoms with Crippen LogP contribution in [0.25, 0.3) is 11.1 Å². The zero-order valence-electron chi connectivity index (χ0n) is 11.0. The van der Waals surface area contributed by atoms with Gasteiger partial charge in [0.1, 0.15) is 0 Å². The van der Waals surface area contributed by atoms with Gasteiger partial charge in [-0.2, -0.15) is 0 Å². The lowest BCUT2D eigenvalue weighted by Gasteiger charge is -2.15. The fourth-order valence-electron chi connectivity index (χ4n) is 2.08. The molecule has 0 fully saturated rings. The Hall–Kier alpha value is -0.440. The molecule has 0 saturated carbocycles. The van der Waals surface area contributed by atoms with Crippen LogP contribution in [0.4, 0.5) is 0 Å². The van der Waals surface area contributed by atoms with Gasteiger partial charge in [-0.1, -0.05) is 70.2 Å². The Morgan fingerprint density at radius 2 is 1.65 bits per heavy atom. The zero-order valence-corrected chi connectivity index (χ0v) is 14.1. The number of rotatable bonds is 3. The topological polar surface area (TPSA) is 12.0 Å². The molecule has 0 aliphatic rings. The third kappa shape index (κ3) is 3.08. The van der Waals surface area contributed by atoms with Gasteiger partial charge in [-0.05, 0) is 31.2 Å². The molecule has 0 bridgehead atoms. The number of benzene rings is 2. The molecule has 106 valence electrons. The monoisotopic (exact) mass is 347 g/mol. The summed E-state index contributed by atoms with van der Waals surface area (Å²) < 4.78 is 0. The van der Waals surface area contributed by atoms with E-state index in [0.717, 1.165) is 22.3 Å². The van der Waals surface area contributed by atoms with E-state index in [2.05, 4.69) is 17.4 Å². The van der Waals surface area contributed by atoms with Gasteiger partial charge < -0.3 is 5.32 Å².